The van der Waals surface area contributed by atoms with Crippen molar-refractivity contribution >= 4 is 5.71 Å². The van der Waals surface area contributed by atoms with Gasteiger partial charge in [-0.05, 0) is 30.3 Å². The molecule has 31 heavy (non-hydrogen) atoms. The van der Waals surface area contributed by atoms with E-state index in [0.717, 1.165) is 12.1 Å². The molecule has 1 aliphatic rings. The van der Waals surface area contributed by atoms with Gasteiger partial charge >= 0.3 is 6.18 Å². The van der Waals surface area contributed by atoms with Crippen molar-refractivity contribution in [2.75, 3.05) is 13.1 Å². The quantitative estimate of drug-likeness (QED) is 0.557. The summed E-state index contributed by atoms with van der Waals surface area (Å²) < 4.78 is 42.2. The van der Waals surface area contributed by atoms with Crippen LogP contribution in [0.3, 0.4) is 0 Å². The Labute approximate surface area is 177 Å². The summed E-state index contributed by atoms with van der Waals surface area (Å²) in [5.41, 5.74) is 0.933. The molecule has 4 rings (SSSR count). The van der Waals surface area contributed by atoms with Gasteiger partial charge in [0.25, 0.3) is 0 Å². The standard InChI is InChI=1S/C21H21F3N6O/c1-3-29(4-2)31-13-19-28-27-18-12-26-20(16-7-5-6-10-25-16)15-11-14(21(22,23)24)8-9-17(15)30(18)19/h5-11H,3-4,12-13H2,1-2H3. The van der Waals surface area contributed by atoms with Gasteiger partial charge in [-0.3, -0.25) is 19.4 Å². The van der Waals surface area contributed by atoms with Gasteiger partial charge in [0, 0.05) is 24.8 Å². The minimum Gasteiger partial charge on any atom is -0.291 e. The van der Waals surface area contributed by atoms with Gasteiger partial charge < -0.3 is 0 Å². The van der Waals surface area contributed by atoms with Gasteiger partial charge in [-0.15, -0.1) is 10.2 Å². The SMILES string of the molecule is CCN(CC)OCc1nnc2n1-c1ccc(C(F)(F)F)cc1C(c1ccccn1)=NC2. The fourth-order valence-electron chi connectivity index (χ4n) is 3.44. The lowest BCUT2D eigenvalue weighted by Gasteiger charge is -2.19. The molecule has 0 N–H and O–H groups in total. The molecule has 0 fully saturated rings. The number of fused-ring (bicyclic) bond motifs is 3. The second-order valence-corrected chi connectivity index (χ2v) is 6.87. The number of alkyl halides is 3. The summed E-state index contributed by atoms with van der Waals surface area (Å²) >= 11 is 0. The fourth-order valence-corrected chi connectivity index (χ4v) is 3.44. The van der Waals surface area contributed by atoms with Crippen LogP contribution in [0.25, 0.3) is 5.69 Å². The first-order chi connectivity index (χ1) is 14.9. The third kappa shape index (κ3) is 4.21. The second kappa shape index (κ2) is 8.56. The molecule has 2 aromatic heterocycles. The fraction of sp³-hybridized carbons (Fsp3) is 0.333. The number of hydroxylamine groups is 2. The molecule has 0 bridgehead atoms. The molecule has 7 nitrogen and oxygen atoms in total. The zero-order valence-electron chi connectivity index (χ0n) is 17.1. The van der Waals surface area contributed by atoms with Crippen molar-refractivity contribution in [2.24, 2.45) is 4.99 Å². The van der Waals surface area contributed by atoms with Gasteiger partial charge in [0.05, 0.1) is 22.7 Å². The lowest BCUT2D eigenvalue weighted by Crippen LogP contribution is -2.24. The summed E-state index contributed by atoms with van der Waals surface area (Å²) in [7, 11) is 0. The largest absolute Gasteiger partial charge is 0.416 e. The first-order valence-electron chi connectivity index (χ1n) is 9.91. The van der Waals surface area contributed by atoms with Crippen LogP contribution < -0.4 is 0 Å². The molecule has 162 valence electrons. The Bertz CT molecular complexity index is 1090. The molecule has 0 unspecified atom stereocenters. The molecule has 0 spiro atoms. The van der Waals surface area contributed by atoms with Crippen LogP contribution in [0.5, 0.6) is 0 Å². The Balaban J connectivity index is 1.84. The number of halogens is 3. The Hall–Kier alpha value is -3.11. The lowest BCUT2D eigenvalue weighted by atomic mass is 10.0. The maximum Gasteiger partial charge on any atom is 0.416 e. The predicted octanol–water partition coefficient (Wildman–Crippen LogP) is 3.81. The van der Waals surface area contributed by atoms with E-state index in [2.05, 4.69) is 20.2 Å². The van der Waals surface area contributed by atoms with E-state index in [9.17, 15) is 13.2 Å². The number of nitrogens with zero attached hydrogens (tertiary/aromatic N) is 6. The van der Waals surface area contributed by atoms with Crippen molar-refractivity contribution in [2.45, 2.75) is 33.2 Å². The van der Waals surface area contributed by atoms with Crippen molar-refractivity contribution in [1.29, 1.82) is 0 Å². The molecule has 0 atom stereocenters. The first kappa shape index (κ1) is 21.1. The molecule has 0 saturated carbocycles. The molecule has 3 heterocycles. The van der Waals surface area contributed by atoms with E-state index in [0.29, 0.717) is 47.4 Å². The topological polar surface area (TPSA) is 68.4 Å². The summed E-state index contributed by atoms with van der Waals surface area (Å²) in [6, 6.07) is 8.82. The van der Waals surface area contributed by atoms with Gasteiger partial charge in [0.1, 0.15) is 13.2 Å². The monoisotopic (exact) mass is 430 g/mol. The molecule has 0 radical (unpaired) electrons. The van der Waals surface area contributed by atoms with Gasteiger partial charge in [0.15, 0.2) is 11.6 Å². The van der Waals surface area contributed by atoms with Crippen molar-refractivity contribution in [3.63, 3.8) is 0 Å². The van der Waals surface area contributed by atoms with Crippen LogP contribution in [0.4, 0.5) is 13.2 Å². The average molecular weight is 430 g/mol. The summed E-state index contributed by atoms with van der Waals surface area (Å²) in [6.07, 6.45) is -2.90. The predicted molar refractivity (Wildman–Crippen MR) is 108 cm³/mol. The third-order valence-electron chi connectivity index (χ3n) is 4.98. The van der Waals surface area contributed by atoms with E-state index in [4.69, 9.17) is 4.84 Å². The zero-order chi connectivity index (χ0) is 22.0. The molecule has 0 aliphatic carbocycles. The maximum absolute atomic E-state index is 13.5. The number of hydrogen-bond donors (Lipinski definition) is 0. The van der Waals surface area contributed by atoms with Crippen molar-refractivity contribution in [1.82, 2.24) is 24.8 Å². The molecular weight excluding hydrogens is 409 g/mol. The number of hydrogen-bond acceptors (Lipinski definition) is 6. The minimum absolute atomic E-state index is 0.133. The smallest absolute Gasteiger partial charge is 0.291 e. The highest BCUT2D eigenvalue weighted by molar-refractivity contribution is 6.14. The number of benzene rings is 1. The summed E-state index contributed by atoms with van der Waals surface area (Å²) in [6.45, 7) is 5.60. The molecule has 0 saturated heterocycles. The summed E-state index contributed by atoms with van der Waals surface area (Å²) in [5.74, 6) is 1.01. The minimum atomic E-state index is -4.48. The van der Waals surface area contributed by atoms with Gasteiger partial charge in [-0.2, -0.15) is 18.2 Å². The van der Waals surface area contributed by atoms with Gasteiger partial charge in [-0.25, -0.2) is 0 Å². The Morgan fingerprint density at radius 1 is 1.10 bits per heavy atom. The van der Waals surface area contributed by atoms with Crippen LogP contribution >= 0.6 is 0 Å². The summed E-state index contributed by atoms with van der Waals surface area (Å²) in [4.78, 5) is 14.6. The Kier molecular flexibility index (Phi) is 5.84. The van der Waals surface area contributed by atoms with Crippen molar-refractivity contribution in [3.8, 4) is 5.69 Å². The van der Waals surface area contributed by atoms with Crippen LogP contribution in [-0.4, -0.2) is 43.6 Å². The van der Waals surface area contributed by atoms with Crippen LogP contribution in [0.15, 0.2) is 47.6 Å². The van der Waals surface area contributed by atoms with E-state index >= 15 is 0 Å². The highest BCUT2D eigenvalue weighted by atomic mass is 19.4. The van der Waals surface area contributed by atoms with Crippen LogP contribution in [0, 0.1) is 0 Å². The average Bonchev–Trinajstić information content (AvgIpc) is 3.09. The second-order valence-electron chi connectivity index (χ2n) is 6.87. The number of pyridine rings is 1. The molecular formula is C21H21F3N6O. The van der Waals surface area contributed by atoms with Crippen LogP contribution in [0.2, 0.25) is 0 Å². The number of aliphatic imine (C=N–C) groups is 1. The van der Waals surface area contributed by atoms with Gasteiger partial charge in [0.2, 0.25) is 0 Å². The van der Waals surface area contributed by atoms with Gasteiger partial charge in [-0.1, -0.05) is 19.9 Å². The van der Waals surface area contributed by atoms with E-state index in [-0.39, 0.29) is 13.2 Å². The molecule has 10 heteroatoms. The van der Waals surface area contributed by atoms with E-state index < -0.39 is 11.7 Å². The molecule has 1 aliphatic heterocycles. The highest BCUT2D eigenvalue weighted by Crippen LogP contribution is 2.34. The Morgan fingerprint density at radius 3 is 2.58 bits per heavy atom. The van der Waals surface area contributed by atoms with E-state index in [1.54, 1.807) is 34.0 Å². The van der Waals surface area contributed by atoms with E-state index in [1.165, 1.54) is 6.07 Å². The van der Waals surface area contributed by atoms with Crippen LogP contribution in [0.1, 0.15) is 42.3 Å². The molecule has 0 amide bonds. The van der Waals surface area contributed by atoms with Crippen molar-refractivity contribution in [3.05, 3.63) is 71.1 Å². The zero-order valence-corrected chi connectivity index (χ0v) is 17.1. The molecule has 3 aromatic rings. The normalized spacial score (nSPS) is 13.5. The van der Waals surface area contributed by atoms with Crippen LogP contribution in [-0.2, 0) is 24.2 Å². The Morgan fingerprint density at radius 2 is 1.90 bits per heavy atom. The number of rotatable bonds is 6. The number of aromatic nitrogens is 4. The third-order valence-corrected chi connectivity index (χ3v) is 4.98. The first-order valence-corrected chi connectivity index (χ1v) is 9.91. The lowest BCUT2D eigenvalue weighted by molar-refractivity contribution is -0.165. The summed E-state index contributed by atoms with van der Waals surface area (Å²) in [5, 5.41) is 10.2. The molecule has 1 aromatic carbocycles. The highest BCUT2D eigenvalue weighted by Gasteiger charge is 2.33. The van der Waals surface area contributed by atoms with Crippen molar-refractivity contribution < 1.29 is 18.0 Å². The van der Waals surface area contributed by atoms with E-state index in [1.807, 2.05) is 13.8 Å². The maximum atomic E-state index is 13.5.